The molecule has 0 bridgehead atoms. The monoisotopic (exact) mass is 435 g/mol. The van der Waals surface area contributed by atoms with Crippen LogP contribution in [0, 0.1) is 5.82 Å². The molecule has 0 radical (unpaired) electrons. The van der Waals surface area contributed by atoms with Crippen LogP contribution < -0.4 is 16.1 Å². The Balaban J connectivity index is 1.81. The summed E-state index contributed by atoms with van der Waals surface area (Å²) in [6, 6.07) is 15.3. The molecule has 0 spiro atoms. The van der Waals surface area contributed by atoms with E-state index in [1.165, 1.54) is 37.1 Å². The molecule has 3 aromatic rings. The number of benzene rings is 2. The molecule has 1 unspecified atom stereocenters. The number of hydrogen-bond acceptors (Lipinski definition) is 3. The van der Waals surface area contributed by atoms with E-state index in [0.717, 1.165) is 12.8 Å². The van der Waals surface area contributed by atoms with E-state index >= 15 is 0 Å². The van der Waals surface area contributed by atoms with Gasteiger partial charge in [-0.15, -0.1) is 0 Å². The number of aromatic nitrogens is 1. The van der Waals surface area contributed by atoms with Crippen molar-refractivity contribution in [2.24, 2.45) is 0 Å². The van der Waals surface area contributed by atoms with Gasteiger partial charge in [0.25, 0.3) is 11.8 Å². The third-order valence-corrected chi connectivity index (χ3v) is 5.24. The van der Waals surface area contributed by atoms with E-state index in [-0.39, 0.29) is 16.9 Å². The molecule has 1 atom stereocenters. The van der Waals surface area contributed by atoms with E-state index in [1.54, 1.807) is 23.6 Å². The molecule has 0 saturated heterocycles. The molecule has 166 valence electrons. The number of carbonyl (C=O) groups is 2. The molecule has 2 aromatic carbocycles. The summed E-state index contributed by atoms with van der Waals surface area (Å²) in [5, 5.41) is 5.21. The second-order valence-electron chi connectivity index (χ2n) is 7.57. The van der Waals surface area contributed by atoms with Crippen molar-refractivity contribution in [3.05, 3.63) is 105 Å². The van der Waals surface area contributed by atoms with E-state index in [9.17, 15) is 18.8 Å². The zero-order valence-corrected chi connectivity index (χ0v) is 18.1. The predicted molar refractivity (Wildman–Crippen MR) is 121 cm³/mol. The minimum absolute atomic E-state index is 0.0886. The van der Waals surface area contributed by atoms with Crippen LogP contribution in [0.2, 0.25) is 0 Å². The first-order valence-electron chi connectivity index (χ1n) is 10.5. The van der Waals surface area contributed by atoms with E-state index < -0.39 is 23.3 Å². The van der Waals surface area contributed by atoms with E-state index in [4.69, 9.17) is 0 Å². The van der Waals surface area contributed by atoms with Gasteiger partial charge < -0.3 is 15.2 Å². The number of aryl methyl sites for hydroxylation is 2. The highest BCUT2D eigenvalue weighted by atomic mass is 19.1. The van der Waals surface area contributed by atoms with E-state index in [1.807, 2.05) is 30.3 Å². The van der Waals surface area contributed by atoms with Crippen molar-refractivity contribution in [1.82, 2.24) is 15.2 Å². The van der Waals surface area contributed by atoms with Crippen molar-refractivity contribution >= 4 is 11.8 Å². The smallest absolute Gasteiger partial charge is 0.257 e. The average Bonchev–Trinajstić information content (AvgIpc) is 2.80. The van der Waals surface area contributed by atoms with Crippen LogP contribution in [0.25, 0.3) is 0 Å². The fourth-order valence-corrected chi connectivity index (χ4v) is 3.44. The maximum absolute atomic E-state index is 13.2. The van der Waals surface area contributed by atoms with Crippen molar-refractivity contribution in [3.8, 4) is 0 Å². The number of nitrogens with zero attached hydrogens (tertiary/aromatic N) is 1. The van der Waals surface area contributed by atoms with Gasteiger partial charge in [0, 0.05) is 26.0 Å². The Hall–Kier alpha value is -3.74. The summed E-state index contributed by atoms with van der Waals surface area (Å²) in [4.78, 5) is 38.0. The summed E-state index contributed by atoms with van der Waals surface area (Å²) in [5.41, 5.74) is 1.05. The van der Waals surface area contributed by atoms with Gasteiger partial charge in [-0.05, 0) is 43.0 Å². The Morgan fingerprint density at radius 3 is 2.22 bits per heavy atom. The van der Waals surface area contributed by atoms with Crippen molar-refractivity contribution in [1.29, 1.82) is 0 Å². The fourth-order valence-electron chi connectivity index (χ4n) is 3.44. The second-order valence-corrected chi connectivity index (χ2v) is 7.57. The number of hydrogen-bond donors (Lipinski definition) is 2. The van der Waals surface area contributed by atoms with Crippen molar-refractivity contribution < 1.29 is 14.0 Å². The molecule has 1 aromatic heterocycles. The van der Waals surface area contributed by atoms with Crippen molar-refractivity contribution in [2.45, 2.75) is 32.4 Å². The lowest BCUT2D eigenvalue weighted by atomic mass is 10.1. The Morgan fingerprint density at radius 1 is 0.969 bits per heavy atom. The van der Waals surface area contributed by atoms with Crippen LogP contribution >= 0.6 is 0 Å². The van der Waals surface area contributed by atoms with E-state index in [0.29, 0.717) is 12.1 Å². The Bertz CT molecular complexity index is 1140. The SMILES string of the molecule is CNC(=O)c1cn(CCCc2ccccc2)cc(C(=O)NC(C)c2ccc(F)cc2)c1=O. The molecule has 0 fully saturated rings. The lowest BCUT2D eigenvalue weighted by Crippen LogP contribution is -2.35. The van der Waals surface area contributed by atoms with E-state index in [2.05, 4.69) is 10.6 Å². The fraction of sp³-hybridized carbons (Fsp3) is 0.240. The molecule has 0 aliphatic heterocycles. The molecule has 7 heteroatoms. The molecular weight excluding hydrogens is 409 g/mol. The first-order valence-corrected chi connectivity index (χ1v) is 10.5. The van der Waals surface area contributed by atoms with Gasteiger partial charge in [0.05, 0.1) is 6.04 Å². The zero-order valence-electron chi connectivity index (χ0n) is 18.1. The first-order chi connectivity index (χ1) is 15.4. The number of amides is 2. The summed E-state index contributed by atoms with van der Waals surface area (Å²) >= 11 is 0. The van der Waals surface area contributed by atoms with Crippen LogP contribution in [0.3, 0.4) is 0 Å². The van der Waals surface area contributed by atoms with Gasteiger partial charge in [-0.2, -0.15) is 0 Å². The summed E-state index contributed by atoms with van der Waals surface area (Å²) in [7, 11) is 1.44. The Labute approximate surface area is 186 Å². The van der Waals surface area contributed by atoms with Crippen molar-refractivity contribution in [3.63, 3.8) is 0 Å². The van der Waals surface area contributed by atoms with Gasteiger partial charge in [-0.1, -0.05) is 42.5 Å². The second kappa shape index (κ2) is 10.5. The van der Waals surface area contributed by atoms with Gasteiger partial charge in [0.15, 0.2) is 0 Å². The lowest BCUT2D eigenvalue weighted by Gasteiger charge is -2.16. The number of nitrogens with one attached hydrogen (secondary N) is 2. The number of rotatable bonds is 8. The number of halogens is 1. The van der Waals surface area contributed by atoms with Crippen molar-refractivity contribution in [2.75, 3.05) is 7.05 Å². The minimum atomic E-state index is -0.632. The normalized spacial score (nSPS) is 11.6. The van der Waals surface area contributed by atoms with Crippen LogP contribution in [0.15, 0.2) is 71.8 Å². The van der Waals surface area contributed by atoms with Crippen LogP contribution in [0.5, 0.6) is 0 Å². The largest absolute Gasteiger partial charge is 0.355 e. The highest BCUT2D eigenvalue weighted by Gasteiger charge is 2.20. The third kappa shape index (κ3) is 5.69. The van der Waals surface area contributed by atoms with Gasteiger partial charge >= 0.3 is 0 Å². The van der Waals surface area contributed by atoms with Gasteiger partial charge in [0.2, 0.25) is 5.43 Å². The molecule has 0 aliphatic carbocycles. The van der Waals surface area contributed by atoms with Gasteiger partial charge in [0.1, 0.15) is 16.9 Å². The summed E-state index contributed by atoms with van der Waals surface area (Å²) < 4.78 is 14.9. The number of pyridine rings is 1. The Morgan fingerprint density at radius 2 is 1.59 bits per heavy atom. The Kier molecular flexibility index (Phi) is 7.54. The highest BCUT2D eigenvalue weighted by molar-refractivity contribution is 5.99. The maximum atomic E-state index is 13.2. The number of carbonyl (C=O) groups excluding carboxylic acids is 2. The average molecular weight is 435 g/mol. The molecule has 2 N–H and O–H groups in total. The van der Waals surface area contributed by atoms with Crippen LogP contribution in [0.1, 0.15) is 51.2 Å². The molecule has 6 nitrogen and oxygen atoms in total. The van der Waals surface area contributed by atoms with Crippen LogP contribution in [-0.2, 0) is 13.0 Å². The third-order valence-electron chi connectivity index (χ3n) is 5.24. The lowest BCUT2D eigenvalue weighted by molar-refractivity contribution is 0.0938. The molecule has 1 heterocycles. The van der Waals surface area contributed by atoms with Crippen LogP contribution in [-0.4, -0.2) is 23.4 Å². The molecule has 2 amide bonds. The predicted octanol–water partition coefficient (Wildman–Crippen LogP) is 3.47. The molecule has 0 saturated carbocycles. The zero-order chi connectivity index (χ0) is 23.1. The summed E-state index contributed by atoms with van der Waals surface area (Å²) in [5.74, 6) is -1.51. The van der Waals surface area contributed by atoms with Gasteiger partial charge in [-0.25, -0.2) is 4.39 Å². The minimum Gasteiger partial charge on any atom is -0.355 e. The molecule has 32 heavy (non-hydrogen) atoms. The first kappa shape index (κ1) is 22.9. The quantitative estimate of drug-likeness (QED) is 0.569. The summed E-state index contributed by atoms with van der Waals surface area (Å²) in [6.07, 6.45) is 4.55. The standard InChI is InChI=1S/C25H26FN3O3/c1-17(19-10-12-20(26)13-11-19)28-25(32)22-16-29(15-21(23(22)30)24(31)27-2)14-6-9-18-7-4-3-5-8-18/h3-5,7-8,10-13,15-17H,6,9,14H2,1-2H3,(H,27,31)(H,28,32). The molecule has 0 aliphatic rings. The topological polar surface area (TPSA) is 80.2 Å². The summed E-state index contributed by atoms with van der Waals surface area (Å²) in [6.45, 7) is 2.28. The van der Waals surface area contributed by atoms with Gasteiger partial charge in [-0.3, -0.25) is 14.4 Å². The maximum Gasteiger partial charge on any atom is 0.257 e. The molecule has 3 rings (SSSR count). The highest BCUT2D eigenvalue weighted by Crippen LogP contribution is 2.14. The van der Waals surface area contributed by atoms with Crippen LogP contribution in [0.4, 0.5) is 4.39 Å². The molecular formula is C25H26FN3O3.